The van der Waals surface area contributed by atoms with Crippen LogP contribution in [0.4, 0.5) is 0 Å². The number of hydrogen-bond acceptors (Lipinski definition) is 3. The maximum absolute atomic E-state index is 5.42. The van der Waals surface area contributed by atoms with E-state index >= 15 is 0 Å². The van der Waals surface area contributed by atoms with Crippen LogP contribution in [-0.2, 0) is 4.74 Å². The van der Waals surface area contributed by atoms with Crippen molar-refractivity contribution >= 4 is 22.9 Å². The Balaban J connectivity index is 1.73. The number of ether oxygens (including phenoxy) is 1. The van der Waals surface area contributed by atoms with Crippen molar-refractivity contribution in [2.24, 2.45) is 0 Å². The molecule has 1 heterocycles. The average Bonchev–Trinajstić information content (AvgIpc) is 2.39. The summed E-state index contributed by atoms with van der Waals surface area (Å²) < 4.78 is 8.80. The minimum Gasteiger partial charge on any atom is -0.381 e. The number of likely N-dealkylation sites (tertiary alicyclic amines) is 1. The molecule has 4 heteroatoms. The Bertz CT molecular complexity index is 177. The molecule has 0 bridgehead atoms. The second-order valence-electron chi connectivity index (χ2n) is 5.09. The zero-order valence-corrected chi connectivity index (χ0v) is 12.3. The normalized spacial score (nSPS) is 34.1. The molecule has 1 N–H and O–H groups in total. The van der Waals surface area contributed by atoms with Crippen molar-refractivity contribution in [1.29, 1.82) is 0 Å². The number of hydrogen-bond donors (Lipinski definition) is 1. The first-order valence-electron chi connectivity index (χ1n) is 6.46. The van der Waals surface area contributed by atoms with Crippen LogP contribution < -0.4 is 3.53 Å². The molecule has 1 saturated heterocycles. The van der Waals surface area contributed by atoms with Gasteiger partial charge >= 0.3 is 0 Å². The summed E-state index contributed by atoms with van der Waals surface area (Å²) in [6.07, 6.45) is 8.40. The summed E-state index contributed by atoms with van der Waals surface area (Å²) in [5.74, 6) is 0. The fraction of sp³-hybridized carbons (Fsp3) is 1.00. The van der Waals surface area contributed by atoms with Crippen LogP contribution in [0.3, 0.4) is 0 Å². The summed E-state index contributed by atoms with van der Waals surface area (Å²) in [5, 5.41) is 0. The third-order valence-corrected chi connectivity index (χ3v) is 5.06. The first-order chi connectivity index (χ1) is 7.83. The van der Waals surface area contributed by atoms with Gasteiger partial charge in [-0.05, 0) is 38.5 Å². The van der Waals surface area contributed by atoms with E-state index in [0.29, 0.717) is 6.10 Å². The molecule has 1 aliphatic carbocycles. The Kier molecular flexibility index (Phi) is 5.32. The van der Waals surface area contributed by atoms with Gasteiger partial charge in [0.25, 0.3) is 0 Å². The molecule has 0 amide bonds. The molecule has 0 aromatic rings. The first kappa shape index (κ1) is 13.1. The smallest absolute Gasteiger partial charge is 0.0595 e. The molecule has 0 aromatic carbocycles. The topological polar surface area (TPSA) is 24.5 Å². The molecular weight excluding hydrogens is 315 g/mol. The third-order valence-electron chi connectivity index (χ3n) is 4.18. The molecule has 2 fully saturated rings. The lowest BCUT2D eigenvalue weighted by Gasteiger charge is -2.40. The number of piperidine rings is 1. The number of methoxy groups -OCH3 is 1. The molecule has 2 rings (SSSR count). The largest absolute Gasteiger partial charge is 0.381 e. The van der Waals surface area contributed by atoms with E-state index in [4.69, 9.17) is 4.74 Å². The van der Waals surface area contributed by atoms with Gasteiger partial charge in [-0.2, -0.15) is 0 Å². The fourth-order valence-corrected chi connectivity index (χ4v) is 3.65. The molecule has 0 aromatic heterocycles. The van der Waals surface area contributed by atoms with Crippen molar-refractivity contribution in [3.8, 4) is 0 Å². The van der Waals surface area contributed by atoms with Gasteiger partial charge in [-0.3, -0.25) is 3.53 Å². The predicted molar refractivity (Wildman–Crippen MR) is 74.8 cm³/mol. The van der Waals surface area contributed by atoms with E-state index < -0.39 is 0 Å². The quantitative estimate of drug-likeness (QED) is 0.632. The van der Waals surface area contributed by atoms with E-state index in [2.05, 4.69) is 31.3 Å². The van der Waals surface area contributed by atoms with Crippen molar-refractivity contribution in [2.75, 3.05) is 20.2 Å². The summed E-state index contributed by atoms with van der Waals surface area (Å²) >= 11 is 2.30. The zero-order valence-electron chi connectivity index (χ0n) is 10.1. The summed E-state index contributed by atoms with van der Waals surface area (Å²) in [6.45, 7) is 2.48. The number of nitrogens with one attached hydrogen (secondary N) is 1. The Morgan fingerprint density at radius 3 is 2.19 bits per heavy atom. The third kappa shape index (κ3) is 3.31. The van der Waals surface area contributed by atoms with Gasteiger partial charge in [-0.15, -0.1) is 0 Å². The summed E-state index contributed by atoms with van der Waals surface area (Å²) in [5.41, 5.74) is 0. The van der Waals surface area contributed by atoms with Crippen LogP contribution in [0, 0.1) is 0 Å². The summed E-state index contributed by atoms with van der Waals surface area (Å²) in [6, 6.07) is 1.60. The highest BCUT2D eigenvalue weighted by Crippen LogP contribution is 2.26. The van der Waals surface area contributed by atoms with Crippen molar-refractivity contribution in [1.82, 2.24) is 8.43 Å². The van der Waals surface area contributed by atoms with Crippen LogP contribution in [0.25, 0.3) is 0 Å². The lowest BCUT2D eigenvalue weighted by molar-refractivity contribution is 0.0199. The second-order valence-corrected chi connectivity index (χ2v) is 5.71. The molecule has 0 spiro atoms. The minimum atomic E-state index is 0.517. The van der Waals surface area contributed by atoms with Gasteiger partial charge in [-0.1, -0.05) is 0 Å². The fourth-order valence-electron chi connectivity index (χ4n) is 3.03. The Labute approximate surface area is 113 Å². The Morgan fingerprint density at radius 2 is 1.69 bits per heavy atom. The average molecular weight is 338 g/mol. The number of nitrogens with zero attached hydrogens (tertiary/aromatic N) is 1. The van der Waals surface area contributed by atoms with Crippen LogP contribution in [0.1, 0.15) is 38.5 Å². The van der Waals surface area contributed by atoms with Crippen LogP contribution in [0.5, 0.6) is 0 Å². The number of halogens is 1. The van der Waals surface area contributed by atoms with Crippen molar-refractivity contribution in [3.05, 3.63) is 0 Å². The minimum absolute atomic E-state index is 0.517. The molecule has 0 atom stereocenters. The molecule has 16 heavy (non-hydrogen) atoms. The van der Waals surface area contributed by atoms with E-state index in [0.717, 1.165) is 12.1 Å². The molecular formula is C12H23IN2O. The van der Waals surface area contributed by atoms with Crippen LogP contribution in [-0.4, -0.2) is 43.3 Å². The SMILES string of the molecule is COC1CCN(C2CCC(NI)CC2)CC1. The van der Waals surface area contributed by atoms with Crippen LogP contribution >= 0.6 is 22.9 Å². The van der Waals surface area contributed by atoms with E-state index in [1.165, 1.54) is 51.6 Å². The predicted octanol–water partition coefficient (Wildman–Crippen LogP) is 2.35. The lowest BCUT2D eigenvalue weighted by atomic mass is 9.89. The van der Waals surface area contributed by atoms with Gasteiger partial charge in [0.15, 0.2) is 0 Å². The zero-order chi connectivity index (χ0) is 11.4. The van der Waals surface area contributed by atoms with E-state index in [1.54, 1.807) is 0 Å². The van der Waals surface area contributed by atoms with Gasteiger partial charge < -0.3 is 9.64 Å². The molecule has 3 nitrogen and oxygen atoms in total. The Hall–Kier alpha value is 0.610. The number of rotatable bonds is 3. The molecule has 1 aliphatic heterocycles. The van der Waals surface area contributed by atoms with Crippen molar-refractivity contribution in [3.63, 3.8) is 0 Å². The molecule has 0 unspecified atom stereocenters. The van der Waals surface area contributed by atoms with E-state index in [9.17, 15) is 0 Å². The van der Waals surface area contributed by atoms with Crippen LogP contribution in [0.2, 0.25) is 0 Å². The highest BCUT2D eigenvalue weighted by atomic mass is 127. The molecule has 94 valence electrons. The van der Waals surface area contributed by atoms with Crippen LogP contribution in [0.15, 0.2) is 0 Å². The second kappa shape index (κ2) is 6.52. The standard InChI is InChI=1S/C12H23IN2O/c1-16-12-6-8-15(9-7-12)11-4-2-10(14-13)3-5-11/h10-12,14H,2-9H2,1H3. The molecule has 2 aliphatic rings. The molecule has 1 saturated carbocycles. The highest BCUT2D eigenvalue weighted by molar-refractivity contribution is 14.1. The van der Waals surface area contributed by atoms with Gasteiger partial charge in [0.1, 0.15) is 0 Å². The maximum Gasteiger partial charge on any atom is 0.0595 e. The van der Waals surface area contributed by atoms with Gasteiger partial charge in [0.2, 0.25) is 0 Å². The monoisotopic (exact) mass is 338 g/mol. The van der Waals surface area contributed by atoms with Gasteiger partial charge in [0, 0.05) is 55.1 Å². The maximum atomic E-state index is 5.42. The lowest BCUT2D eigenvalue weighted by Crippen LogP contribution is -2.46. The molecule has 0 radical (unpaired) electrons. The van der Waals surface area contributed by atoms with Gasteiger partial charge in [-0.25, -0.2) is 0 Å². The summed E-state index contributed by atoms with van der Waals surface area (Å²) in [4.78, 5) is 2.69. The van der Waals surface area contributed by atoms with Crippen molar-refractivity contribution < 1.29 is 4.74 Å². The highest BCUT2D eigenvalue weighted by Gasteiger charge is 2.28. The summed E-state index contributed by atoms with van der Waals surface area (Å²) in [7, 11) is 1.84. The van der Waals surface area contributed by atoms with E-state index in [1.807, 2.05) is 7.11 Å². The van der Waals surface area contributed by atoms with Gasteiger partial charge in [0.05, 0.1) is 6.10 Å². The van der Waals surface area contributed by atoms with Crippen molar-refractivity contribution in [2.45, 2.75) is 56.7 Å². The van der Waals surface area contributed by atoms with E-state index in [-0.39, 0.29) is 0 Å². The first-order valence-corrected chi connectivity index (χ1v) is 7.54. The Morgan fingerprint density at radius 1 is 1.06 bits per heavy atom.